The number of hydrogen-bond donors (Lipinski definition) is 0. The van der Waals surface area contributed by atoms with Crippen LogP contribution in [0, 0.1) is 20.8 Å². The van der Waals surface area contributed by atoms with Gasteiger partial charge in [-0.15, -0.1) is 0 Å². The largest absolute Gasteiger partial charge is 0.472 e. The van der Waals surface area contributed by atoms with E-state index < -0.39 is 7.60 Å². The quantitative estimate of drug-likeness (QED) is 0.170. The summed E-state index contributed by atoms with van der Waals surface area (Å²) in [6.07, 6.45) is 5.92. The molecule has 0 atom stereocenters. The predicted octanol–water partition coefficient (Wildman–Crippen LogP) is 8.29. The lowest BCUT2D eigenvalue weighted by atomic mass is 9.92. The van der Waals surface area contributed by atoms with Crippen LogP contribution in [0.5, 0.6) is 11.5 Å². The summed E-state index contributed by atoms with van der Waals surface area (Å²) < 4.78 is 31.2. The third-order valence-corrected chi connectivity index (χ3v) is 9.05. The first kappa shape index (κ1) is 23.8. The summed E-state index contributed by atoms with van der Waals surface area (Å²) in [5.41, 5.74) is 6.54. The molecule has 7 rings (SSSR count). The van der Waals surface area contributed by atoms with E-state index >= 15 is 0 Å². The zero-order valence-corrected chi connectivity index (χ0v) is 23.0. The molecule has 1 aliphatic rings. The molecule has 5 nitrogen and oxygen atoms in total. The molecule has 192 valence electrons. The third-order valence-electron chi connectivity index (χ3n) is 7.43. The topological polar surface area (TPSA) is 44.3 Å². The molecule has 0 amide bonds. The molecule has 6 heteroatoms. The molecule has 1 aromatic heterocycles. The maximum Gasteiger partial charge on any atom is 0.472 e. The summed E-state index contributed by atoms with van der Waals surface area (Å²) in [7, 11) is -3.66. The zero-order chi connectivity index (χ0) is 26.7. The van der Waals surface area contributed by atoms with Crippen molar-refractivity contribution in [1.29, 1.82) is 0 Å². The second-order valence-electron chi connectivity index (χ2n) is 10.3. The van der Waals surface area contributed by atoms with Crippen molar-refractivity contribution in [2.45, 2.75) is 27.1 Å². The van der Waals surface area contributed by atoms with Crippen LogP contribution in [0.25, 0.3) is 38.4 Å². The van der Waals surface area contributed by atoms with Crippen LogP contribution in [0.3, 0.4) is 0 Å². The molecule has 0 spiro atoms. The van der Waals surface area contributed by atoms with Gasteiger partial charge < -0.3 is 9.05 Å². The van der Waals surface area contributed by atoms with Crippen molar-refractivity contribution in [2.75, 3.05) is 0 Å². The lowest BCUT2D eigenvalue weighted by molar-refractivity contribution is -0.678. The maximum absolute atomic E-state index is 14.5. The van der Waals surface area contributed by atoms with E-state index in [9.17, 15) is 4.57 Å². The highest BCUT2D eigenvalue weighted by Gasteiger charge is 2.38. The Balaban J connectivity index is 1.37. The van der Waals surface area contributed by atoms with Gasteiger partial charge in [-0.05, 0) is 65.6 Å². The Bertz CT molecular complexity index is 1860. The second-order valence-corrected chi connectivity index (χ2v) is 12.2. The van der Waals surface area contributed by atoms with Crippen LogP contribution < -0.4 is 13.6 Å². The summed E-state index contributed by atoms with van der Waals surface area (Å²) in [6, 6.07) is 28.6. The van der Waals surface area contributed by atoms with E-state index in [0.29, 0.717) is 11.5 Å². The van der Waals surface area contributed by atoms with Gasteiger partial charge in [-0.3, -0.25) is 0 Å². The molecule has 1 aliphatic heterocycles. The van der Waals surface area contributed by atoms with Crippen LogP contribution in [0.15, 0.2) is 104 Å². The number of hydrogen-bond acceptors (Lipinski definition) is 3. The van der Waals surface area contributed by atoms with Gasteiger partial charge in [0.1, 0.15) is 29.6 Å². The van der Waals surface area contributed by atoms with E-state index in [1.54, 1.807) is 0 Å². The van der Waals surface area contributed by atoms with Crippen LogP contribution >= 0.6 is 7.60 Å². The molecular weight excluding hydrogens is 503 g/mol. The Hall–Kier alpha value is -4.34. The Morgan fingerprint density at radius 3 is 1.85 bits per heavy atom. The van der Waals surface area contributed by atoms with E-state index in [2.05, 4.69) is 61.7 Å². The van der Waals surface area contributed by atoms with Gasteiger partial charge >= 0.3 is 7.60 Å². The minimum Gasteiger partial charge on any atom is -0.413 e. The van der Waals surface area contributed by atoms with Gasteiger partial charge in [0.15, 0.2) is 0 Å². The highest BCUT2D eigenvalue weighted by atomic mass is 31.2. The van der Waals surface area contributed by atoms with E-state index in [0.717, 1.165) is 38.4 Å². The molecule has 0 N–H and O–H groups in total. The number of imidazole rings is 1. The summed E-state index contributed by atoms with van der Waals surface area (Å²) in [5, 5.41) is 4.25. The average Bonchev–Trinajstić information content (AvgIpc) is 3.29. The molecule has 6 aromatic rings. The summed E-state index contributed by atoms with van der Waals surface area (Å²) in [6.45, 7) is 6.33. The molecule has 0 saturated heterocycles. The van der Waals surface area contributed by atoms with Crippen molar-refractivity contribution < 1.29 is 18.2 Å². The molecule has 0 bridgehead atoms. The lowest BCUT2D eigenvalue weighted by Crippen LogP contribution is -2.32. The first-order valence-electron chi connectivity index (χ1n) is 13.1. The number of rotatable bonds is 3. The van der Waals surface area contributed by atoms with E-state index in [1.807, 2.05) is 71.8 Å². The van der Waals surface area contributed by atoms with E-state index in [-0.39, 0.29) is 6.29 Å². The number of fused-ring (bicyclic) bond motifs is 7. The minimum absolute atomic E-state index is 0.0719. The monoisotopic (exact) mass is 531 g/mol. The highest BCUT2D eigenvalue weighted by Crippen LogP contribution is 2.58. The van der Waals surface area contributed by atoms with Crippen LogP contribution in [0.4, 0.5) is 0 Å². The molecule has 39 heavy (non-hydrogen) atoms. The molecule has 0 unspecified atom stereocenters. The Morgan fingerprint density at radius 2 is 1.28 bits per heavy atom. The van der Waals surface area contributed by atoms with E-state index in [1.165, 1.54) is 16.7 Å². The number of aryl methyl sites for hydroxylation is 3. The minimum atomic E-state index is -3.66. The Labute approximate surface area is 227 Å². The fourth-order valence-corrected chi connectivity index (χ4v) is 7.56. The summed E-state index contributed by atoms with van der Waals surface area (Å²) in [5.74, 6) is 1.13. The fraction of sp³-hybridized carbons (Fsp3) is 0.121. The molecule has 0 saturated carbocycles. The van der Waals surface area contributed by atoms with Crippen molar-refractivity contribution in [1.82, 2.24) is 4.57 Å². The second kappa shape index (κ2) is 8.86. The summed E-state index contributed by atoms with van der Waals surface area (Å²) >= 11 is 0. The average molecular weight is 532 g/mol. The number of nitrogens with zero attached hydrogens (tertiary/aromatic N) is 2. The smallest absolute Gasteiger partial charge is 0.413 e. The first-order chi connectivity index (χ1) is 18.9. The van der Waals surface area contributed by atoms with Gasteiger partial charge in [0.25, 0.3) is 0 Å². The fourth-order valence-electron chi connectivity index (χ4n) is 5.94. The molecule has 5 aromatic carbocycles. The zero-order valence-electron chi connectivity index (χ0n) is 22.1. The van der Waals surface area contributed by atoms with Crippen LogP contribution in [-0.4, -0.2) is 4.57 Å². The van der Waals surface area contributed by atoms with Gasteiger partial charge in [-0.2, -0.15) is 0 Å². The van der Waals surface area contributed by atoms with Crippen LogP contribution in [0.1, 0.15) is 16.7 Å². The number of aromatic nitrogens is 2. The lowest BCUT2D eigenvalue weighted by Gasteiger charge is -2.16. The van der Waals surface area contributed by atoms with E-state index in [4.69, 9.17) is 9.05 Å². The molecule has 2 heterocycles. The van der Waals surface area contributed by atoms with Crippen molar-refractivity contribution >= 4 is 29.1 Å². The third kappa shape index (κ3) is 4.02. The molecule has 0 fully saturated rings. The van der Waals surface area contributed by atoms with Crippen LogP contribution in [-0.2, 0) is 10.9 Å². The number of benzene rings is 5. The Kier molecular flexibility index (Phi) is 5.40. The van der Waals surface area contributed by atoms with Gasteiger partial charge in [0, 0.05) is 11.1 Å². The maximum atomic E-state index is 14.5. The molecular formula is C33H28N2O3P+. The van der Waals surface area contributed by atoms with Crippen molar-refractivity contribution in [3.63, 3.8) is 0 Å². The molecule has 0 radical (unpaired) electrons. The standard InChI is InChI=1S/C33H28N2O3P/c1-22-18-23(2)33(24(3)19-22)35-17-16-34(20-35)21-39(36)37-29-14-12-25-8-4-6-10-27(25)31(29)32-28-11-7-5-9-26(28)13-15-30(32)38-39/h4-20H,21H2,1-3H3/q+1. The van der Waals surface area contributed by atoms with Crippen molar-refractivity contribution in [3.05, 3.63) is 120 Å². The van der Waals surface area contributed by atoms with Crippen molar-refractivity contribution in [2.24, 2.45) is 0 Å². The molecule has 0 aliphatic carbocycles. The van der Waals surface area contributed by atoms with Gasteiger partial charge in [0.2, 0.25) is 12.6 Å². The summed E-state index contributed by atoms with van der Waals surface area (Å²) in [4.78, 5) is 0. The van der Waals surface area contributed by atoms with Crippen LogP contribution in [0.2, 0.25) is 0 Å². The predicted molar refractivity (Wildman–Crippen MR) is 156 cm³/mol. The van der Waals surface area contributed by atoms with Gasteiger partial charge in [-0.25, -0.2) is 13.7 Å². The Morgan fingerprint density at radius 1 is 0.744 bits per heavy atom. The van der Waals surface area contributed by atoms with Gasteiger partial charge in [0.05, 0.1) is 0 Å². The van der Waals surface area contributed by atoms with Gasteiger partial charge in [-0.1, -0.05) is 78.4 Å². The van der Waals surface area contributed by atoms with Crippen molar-refractivity contribution in [3.8, 4) is 28.3 Å². The first-order valence-corrected chi connectivity index (χ1v) is 14.8. The highest BCUT2D eigenvalue weighted by molar-refractivity contribution is 7.53. The normalized spacial score (nSPS) is 13.8. The SMILES string of the molecule is Cc1cc(C)c(-n2cc[n+](CP3(=O)Oc4ccc5ccccc5c4-c4c(ccc5ccccc45)O3)c2)c(C)c1.